The topological polar surface area (TPSA) is 69.4 Å². The maximum Gasteiger partial charge on any atom is 0.269 e. The highest BCUT2D eigenvalue weighted by atomic mass is 16.6. The molecule has 0 aromatic heterocycles. The summed E-state index contributed by atoms with van der Waals surface area (Å²) >= 11 is 0. The second-order valence-electron chi connectivity index (χ2n) is 9.37. The number of allylic oxidation sites excluding steroid dienone is 2. The van der Waals surface area contributed by atoms with Crippen LogP contribution in [0.5, 0.6) is 5.75 Å². The van der Waals surface area contributed by atoms with E-state index in [1.807, 2.05) is 12.1 Å². The number of hydrogen-bond acceptors (Lipinski definition) is 4. The number of aldehydes is 1. The van der Waals surface area contributed by atoms with Gasteiger partial charge in [0.1, 0.15) is 18.6 Å². The van der Waals surface area contributed by atoms with Gasteiger partial charge < -0.3 is 9.53 Å². The van der Waals surface area contributed by atoms with E-state index in [2.05, 4.69) is 52.0 Å². The number of ether oxygens (including phenoxy) is 1. The fourth-order valence-corrected chi connectivity index (χ4v) is 4.07. The summed E-state index contributed by atoms with van der Waals surface area (Å²) in [5, 5.41) is 10.8. The summed E-state index contributed by atoms with van der Waals surface area (Å²) in [5.74, 6) is 0.758. The molecule has 0 saturated heterocycles. The van der Waals surface area contributed by atoms with E-state index >= 15 is 0 Å². The lowest BCUT2D eigenvalue weighted by atomic mass is 9.74. The SMILES string of the molecule is CCCC[C@@](C)(/C=C/[C@](C)(CCC)c1ccc(OCc2ccc([N+](=O)[O-])cc2)cc1)CC=O. The number of nitro benzene ring substituents is 1. The molecule has 0 spiro atoms. The molecule has 5 nitrogen and oxygen atoms in total. The van der Waals surface area contributed by atoms with Crippen molar-refractivity contribution in [3.63, 3.8) is 0 Å². The highest BCUT2D eigenvalue weighted by Crippen LogP contribution is 2.36. The molecule has 0 unspecified atom stereocenters. The van der Waals surface area contributed by atoms with Crippen molar-refractivity contribution in [2.45, 2.75) is 78.2 Å². The quantitative estimate of drug-likeness (QED) is 0.128. The van der Waals surface area contributed by atoms with Gasteiger partial charge >= 0.3 is 0 Å². The van der Waals surface area contributed by atoms with Crippen molar-refractivity contribution in [3.05, 3.63) is 81.9 Å². The molecule has 0 saturated carbocycles. The van der Waals surface area contributed by atoms with Gasteiger partial charge in [-0.2, -0.15) is 0 Å². The van der Waals surface area contributed by atoms with Crippen molar-refractivity contribution < 1.29 is 14.5 Å². The maximum atomic E-state index is 11.3. The third-order valence-electron chi connectivity index (χ3n) is 6.34. The van der Waals surface area contributed by atoms with Crippen LogP contribution in [-0.4, -0.2) is 11.2 Å². The standard InChI is InChI=1S/C28H37NO4/c1-5-7-17-27(3,20-21-30)18-19-28(4,16-6-2)24-10-14-26(15-11-24)33-22-23-8-12-25(13-9-23)29(31)32/h8-15,18-19,21H,5-7,16-17,20,22H2,1-4H3/b19-18+/t27-,28-/m0/s1. The minimum absolute atomic E-state index is 0.0744. The van der Waals surface area contributed by atoms with Gasteiger partial charge in [0.05, 0.1) is 4.92 Å². The predicted molar refractivity (Wildman–Crippen MR) is 134 cm³/mol. The Hall–Kier alpha value is -2.95. The van der Waals surface area contributed by atoms with Crippen LogP contribution in [-0.2, 0) is 16.8 Å². The van der Waals surface area contributed by atoms with Crippen LogP contribution in [0.4, 0.5) is 5.69 Å². The molecule has 178 valence electrons. The Morgan fingerprint density at radius 2 is 1.61 bits per heavy atom. The number of benzene rings is 2. The molecule has 0 bridgehead atoms. The molecular weight excluding hydrogens is 414 g/mol. The van der Waals surface area contributed by atoms with E-state index in [0.717, 1.165) is 49.7 Å². The van der Waals surface area contributed by atoms with Crippen molar-refractivity contribution in [1.82, 2.24) is 0 Å². The lowest BCUT2D eigenvalue weighted by molar-refractivity contribution is -0.384. The molecule has 5 heteroatoms. The molecule has 0 fully saturated rings. The molecular formula is C28H37NO4. The Morgan fingerprint density at radius 1 is 0.939 bits per heavy atom. The number of carbonyl (C=O) groups is 1. The Labute approximate surface area is 198 Å². The number of nitro groups is 1. The third kappa shape index (κ3) is 7.85. The van der Waals surface area contributed by atoms with Crippen LogP contribution >= 0.6 is 0 Å². The normalized spacial score (nSPS) is 15.0. The molecule has 0 aliphatic heterocycles. The molecule has 2 aromatic rings. The number of unbranched alkanes of at least 4 members (excludes halogenated alkanes) is 1. The average molecular weight is 452 g/mol. The highest BCUT2D eigenvalue weighted by molar-refractivity contribution is 5.51. The van der Waals surface area contributed by atoms with Gasteiger partial charge in [0, 0.05) is 24.0 Å². The van der Waals surface area contributed by atoms with Crippen molar-refractivity contribution in [1.29, 1.82) is 0 Å². The number of rotatable bonds is 14. The van der Waals surface area contributed by atoms with E-state index in [0.29, 0.717) is 13.0 Å². The molecule has 0 amide bonds. The summed E-state index contributed by atoms with van der Waals surface area (Å²) < 4.78 is 5.88. The summed E-state index contributed by atoms with van der Waals surface area (Å²) in [6.45, 7) is 9.15. The summed E-state index contributed by atoms with van der Waals surface area (Å²) in [4.78, 5) is 21.7. The Balaban J connectivity index is 2.13. The lowest BCUT2D eigenvalue weighted by Gasteiger charge is -2.30. The molecule has 0 heterocycles. The van der Waals surface area contributed by atoms with Gasteiger partial charge in [0.2, 0.25) is 0 Å². The van der Waals surface area contributed by atoms with Crippen molar-refractivity contribution in [2.24, 2.45) is 5.41 Å². The zero-order valence-corrected chi connectivity index (χ0v) is 20.4. The second-order valence-corrected chi connectivity index (χ2v) is 9.37. The first kappa shape index (κ1) is 26.3. The van der Waals surface area contributed by atoms with Crippen LogP contribution in [0, 0.1) is 15.5 Å². The molecule has 0 aliphatic rings. The maximum absolute atomic E-state index is 11.3. The van der Waals surface area contributed by atoms with E-state index in [1.54, 1.807) is 12.1 Å². The largest absolute Gasteiger partial charge is 0.489 e. The fourth-order valence-electron chi connectivity index (χ4n) is 4.07. The van der Waals surface area contributed by atoms with E-state index in [4.69, 9.17) is 4.74 Å². The zero-order chi connectivity index (χ0) is 24.3. The number of non-ortho nitro benzene ring substituents is 1. The summed E-state index contributed by atoms with van der Waals surface area (Å²) in [6.07, 6.45) is 11.4. The molecule has 2 atom stereocenters. The van der Waals surface area contributed by atoms with Crippen LogP contribution in [0.25, 0.3) is 0 Å². The van der Waals surface area contributed by atoms with Crippen molar-refractivity contribution in [3.8, 4) is 5.75 Å². The molecule has 0 radical (unpaired) electrons. The van der Waals surface area contributed by atoms with Gasteiger partial charge in [-0.3, -0.25) is 10.1 Å². The van der Waals surface area contributed by atoms with Gasteiger partial charge in [-0.05, 0) is 53.6 Å². The van der Waals surface area contributed by atoms with Gasteiger partial charge in [-0.25, -0.2) is 0 Å². The Kier molecular flexibility index (Phi) is 9.83. The summed E-state index contributed by atoms with van der Waals surface area (Å²) in [7, 11) is 0. The van der Waals surface area contributed by atoms with Gasteiger partial charge in [-0.1, -0.05) is 71.2 Å². The monoisotopic (exact) mass is 451 g/mol. The van der Waals surface area contributed by atoms with Crippen LogP contribution < -0.4 is 4.74 Å². The molecule has 2 rings (SSSR count). The Bertz CT molecular complexity index is 920. The number of hydrogen-bond donors (Lipinski definition) is 0. The second kappa shape index (κ2) is 12.3. The first-order chi connectivity index (χ1) is 15.7. The summed E-state index contributed by atoms with van der Waals surface area (Å²) in [6, 6.07) is 14.6. The van der Waals surface area contributed by atoms with Crippen LogP contribution in [0.2, 0.25) is 0 Å². The van der Waals surface area contributed by atoms with Gasteiger partial charge in [0.15, 0.2) is 0 Å². The number of carbonyl (C=O) groups excluding carboxylic acids is 1. The summed E-state index contributed by atoms with van der Waals surface area (Å²) in [5.41, 5.74) is 1.94. The highest BCUT2D eigenvalue weighted by Gasteiger charge is 2.26. The first-order valence-electron chi connectivity index (χ1n) is 11.9. The van der Waals surface area contributed by atoms with E-state index < -0.39 is 4.92 Å². The number of nitrogens with zero attached hydrogens (tertiary/aromatic N) is 1. The first-order valence-corrected chi connectivity index (χ1v) is 11.9. The van der Waals surface area contributed by atoms with Gasteiger partial charge in [-0.15, -0.1) is 0 Å². The molecule has 0 N–H and O–H groups in total. The lowest BCUT2D eigenvalue weighted by Crippen LogP contribution is -2.21. The van der Waals surface area contributed by atoms with E-state index in [-0.39, 0.29) is 16.5 Å². The fraction of sp³-hybridized carbons (Fsp3) is 0.464. The van der Waals surface area contributed by atoms with E-state index in [9.17, 15) is 14.9 Å². The van der Waals surface area contributed by atoms with Crippen molar-refractivity contribution >= 4 is 12.0 Å². The van der Waals surface area contributed by atoms with Crippen molar-refractivity contribution in [2.75, 3.05) is 0 Å². The minimum Gasteiger partial charge on any atom is -0.489 e. The van der Waals surface area contributed by atoms with Crippen LogP contribution in [0.1, 0.15) is 77.3 Å². The van der Waals surface area contributed by atoms with Crippen LogP contribution in [0.3, 0.4) is 0 Å². The predicted octanol–water partition coefficient (Wildman–Crippen LogP) is 7.57. The molecule has 33 heavy (non-hydrogen) atoms. The minimum atomic E-state index is -0.406. The smallest absolute Gasteiger partial charge is 0.269 e. The Morgan fingerprint density at radius 3 is 2.15 bits per heavy atom. The molecule has 2 aromatic carbocycles. The van der Waals surface area contributed by atoms with Gasteiger partial charge in [0.25, 0.3) is 5.69 Å². The third-order valence-corrected chi connectivity index (χ3v) is 6.34. The van der Waals surface area contributed by atoms with Crippen LogP contribution in [0.15, 0.2) is 60.7 Å². The van der Waals surface area contributed by atoms with E-state index in [1.165, 1.54) is 17.7 Å². The zero-order valence-electron chi connectivity index (χ0n) is 20.4. The molecule has 0 aliphatic carbocycles. The average Bonchev–Trinajstić information content (AvgIpc) is 2.81.